The van der Waals surface area contributed by atoms with Crippen LogP contribution in [0.2, 0.25) is 0 Å². The van der Waals surface area contributed by atoms with Crippen molar-refractivity contribution >= 4 is 17.7 Å². The van der Waals surface area contributed by atoms with Gasteiger partial charge in [-0.3, -0.25) is 4.79 Å². The molecule has 0 radical (unpaired) electrons. The Bertz CT molecular complexity index is 753. The summed E-state index contributed by atoms with van der Waals surface area (Å²) in [5, 5.41) is 3.12. The fraction of sp³-hybridized carbons (Fsp3) is 0.450. The first-order valence-corrected chi connectivity index (χ1v) is 9.97. The third-order valence-electron chi connectivity index (χ3n) is 4.67. The van der Waals surface area contributed by atoms with Crippen molar-refractivity contribution in [2.75, 3.05) is 19.4 Å². The summed E-state index contributed by atoms with van der Waals surface area (Å²) < 4.78 is 5.38. The van der Waals surface area contributed by atoms with E-state index in [-0.39, 0.29) is 11.8 Å². The third kappa shape index (κ3) is 4.75. The van der Waals surface area contributed by atoms with Crippen molar-refractivity contribution < 1.29 is 9.53 Å². The molecule has 5 nitrogen and oxygen atoms in total. The molecule has 1 aliphatic carbocycles. The Balaban J connectivity index is 1.44. The zero-order valence-electron chi connectivity index (χ0n) is 15.3. The number of carbonyl (C=O) groups excluding carboxylic acids is 1. The highest BCUT2D eigenvalue weighted by atomic mass is 32.2. The van der Waals surface area contributed by atoms with E-state index >= 15 is 0 Å². The molecule has 138 valence electrons. The second-order valence-electron chi connectivity index (χ2n) is 6.75. The number of rotatable bonds is 7. The zero-order chi connectivity index (χ0) is 18.4. The highest BCUT2D eigenvalue weighted by Crippen LogP contribution is 2.30. The molecule has 0 spiro atoms. The predicted molar refractivity (Wildman–Crippen MR) is 103 cm³/mol. The minimum absolute atomic E-state index is 0.0302. The molecular formula is C20H25N3O2S. The Morgan fingerprint density at radius 3 is 3.12 bits per heavy atom. The van der Waals surface area contributed by atoms with Crippen molar-refractivity contribution in [2.24, 2.45) is 11.8 Å². The summed E-state index contributed by atoms with van der Waals surface area (Å²) in [6.45, 7) is 2.85. The Kier molecular flexibility index (Phi) is 6.50. The van der Waals surface area contributed by atoms with Crippen LogP contribution in [0.25, 0.3) is 0 Å². The number of fused-ring (bicyclic) bond motifs is 1. The van der Waals surface area contributed by atoms with Crippen LogP contribution in [0.15, 0.2) is 41.7 Å². The normalized spacial score (nSPS) is 17.2. The fourth-order valence-electron chi connectivity index (χ4n) is 3.13. The van der Waals surface area contributed by atoms with Crippen LogP contribution in [0.1, 0.15) is 24.6 Å². The number of aromatic nitrogens is 2. The summed E-state index contributed by atoms with van der Waals surface area (Å²) in [4.78, 5) is 22.0. The lowest BCUT2D eigenvalue weighted by Gasteiger charge is -2.23. The molecule has 3 rings (SSSR count). The Hall–Kier alpha value is -2.08. The van der Waals surface area contributed by atoms with Gasteiger partial charge in [0, 0.05) is 35.0 Å². The largest absolute Gasteiger partial charge is 0.496 e. The molecule has 1 aromatic carbocycles. The van der Waals surface area contributed by atoms with Gasteiger partial charge in [0.2, 0.25) is 5.91 Å². The van der Waals surface area contributed by atoms with E-state index in [0.717, 1.165) is 46.9 Å². The summed E-state index contributed by atoms with van der Waals surface area (Å²) in [6.07, 6.45) is 5.89. The highest BCUT2D eigenvalue weighted by Gasteiger charge is 2.25. The Morgan fingerprint density at radius 1 is 1.42 bits per heavy atom. The molecule has 26 heavy (non-hydrogen) atoms. The van der Waals surface area contributed by atoms with Crippen molar-refractivity contribution in [3.63, 3.8) is 0 Å². The van der Waals surface area contributed by atoms with Crippen LogP contribution >= 0.6 is 11.8 Å². The summed E-state index contributed by atoms with van der Waals surface area (Å²) in [5.41, 5.74) is 2.20. The van der Waals surface area contributed by atoms with Crippen LogP contribution in [0.4, 0.5) is 0 Å². The highest BCUT2D eigenvalue weighted by molar-refractivity contribution is 7.99. The monoisotopic (exact) mass is 371 g/mol. The van der Waals surface area contributed by atoms with E-state index in [2.05, 4.69) is 28.3 Å². The zero-order valence-corrected chi connectivity index (χ0v) is 16.1. The summed E-state index contributed by atoms with van der Waals surface area (Å²) in [6, 6.07) is 8.03. The van der Waals surface area contributed by atoms with Gasteiger partial charge in [-0.15, -0.1) is 11.8 Å². The number of benzene rings is 1. The molecule has 2 unspecified atom stereocenters. The third-order valence-corrected chi connectivity index (χ3v) is 6.05. The Labute approximate surface area is 159 Å². The van der Waals surface area contributed by atoms with Gasteiger partial charge in [-0.25, -0.2) is 9.97 Å². The second-order valence-corrected chi connectivity index (χ2v) is 7.81. The van der Waals surface area contributed by atoms with E-state index in [1.807, 2.05) is 24.4 Å². The van der Waals surface area contributed by atoms with Crippen molar-refractivity contribution in [3.05, 3.63) is 48.0 Å². The Morgan fingerprint density at radius 2 is 2.27 bits per heavy atom. The molecule has 1 N–H and O–H groups in total. The van der Waals surface area contributed by atoms with Crippen molar-refractivity contribution in [3.8, 4) is 5.75 Å². The average Bonchev–Trinajstić information content (AvgIpc) is 2.70. The number of carbonyl (C=O) groups is 1. The number of nitrogens with zero attached hydrogens (tertiary/aromatic N) is 2. The molecule has 2 atom stereocenters. The second kappa shape index (κ2) is 9.03. The summed E-state index contributed by atoms with van der Waals surface area (Å²) in [7, 11) is 1.69. The van der Waals surface area contributed by atoms with Gasteiger partial charge in [0.15, 0.2) is 0 Å². The molecule has 1 aromatic heterocycles. The molecule has 0 bridgehead atoms. The quantitative estimate of drug-likeness (QED) is 0.758. The number of ether oxygens (including phenoxy) is 1. The van der Waals surface area contributed by atoms with Gasteiger partial charge in [0.1, 0.15) is 12.1 Å². The molecule has 0 fully saturated rings. The van der Waals surface area contributed by atoms with Gasteiger partial charge in [-0.05, 0) is 42.9 Å². The molecule has 2 aromatic rings. The molecule has 1 amide bonds. The summed E-state index contributed by atoms with van der Waals surface area (Å²) in [5.74, 6) is 2.39. The van der Waals surface area contributed by atoms with Gasteiger partial charge in [-0.2, -0.15) is 0 Å². The van der Waals surface area contributed by atoms with Crippen LogP contribution in [0.5, 0.6) is 5.75 Å². The predicted octanol–water partition coefficient (Wildman–Crippen LogP) is 3.13. The number of para-hydroxylation sites is 1. The molecule has 0 aliphatic heterocycles. The minimum Gasteiger partial charge on any atom is -0.496 e. The van der Waals surface area contributed by atoms with E-state index in [1.165, 1.54) is 0 Å². The maximum absolute atomic E-state index is 12.5. The van der Waals surface area contributed by atoms with Gasteiger partial charge < -0.3 is 10.1 Å². The maximum Gasteiger partial charge on any atom is 0.223 e. The van der Waals surface area contributed by atoms with E-state index in [1.54, 1.807) is 25.2 Å². The SMILES string of the molecule is COc1ccccc1SCC(C)CNC(=O)C1CCc2ncncc2C1. The van der Waals surface area contributed by atoms with Crippen LogP contribution < -0.4 is 10.1 Å². The van der Waals surface area contributed by atoms with Gasteiger partial charge >= 0.3 is 0 Å². The number of hydrogen-bond donors (Lipinski definition) is 1. The van der Waals surface area contributed by atoms with Crippen LogP contribution in [0.3, 0.4) is 0 Å². The molecule has 0 saturated carbocycles. The number of methoxy groups -OCH3 is 1. The minimum atomic E-state index is 0.0302. The molecular weight excluding hydrogens is 346 g/mol. The first-order chi connectivity index (χ1) is 12.7. The lowest BCUT2D eigenvalue weighted by atomic mass is 9.86. The lowest BCUT2D eigenvalue weighted by molar-refractivity contribution is -0.125. The van der Waals surface area contributed by atoms with Gasteiger partial charge in [-0.1, -0.05) is 19.1 Å². The first-order valence-electron chi connectivity index (χ1n) is 8.98. The molecule has 1 heterocycles. The smallest absolute Gasteiger partial charge is 0.223 e. The van der Waals surface area contributed by atoms with E-state index in [9.17, 15) is 4.79 Å². The van der Waals surface area contributed by atoms with Crippen LogP contribution in [-0.4, -0.2) is 35.3 Å². The fourth-order valence-corrected chi connectivity index (χ4v) is 4.18. The molecule has 1 aliphatic rings. The topological polar surface area (TPSA) is 64.1 Å². The van der Waals surface area contributed by atoms with Gasteiger partial charge in [0.25, 0.3) is 0 Å². The lowest BCUT2D eigenvalue weighted by Crippen LogP contribution is -2.37. The molecule has 6 heteroatoms. The number of amides is 1. The maximum atomic E-state index is 12.5. The van der Waals surface area contributed by atoms with E-state index in [0.29, 0.717) is 12.5 Å². The number of aryl methyl sites for hydroxylation is 1. The molecule has 0 saturated heterocycles. The number of hydrogen-bond acceptors (Lipinski definition) is 5. The van der Waals surface area contributed by atoms with E-state index in [4.69, 9.17) is 4.74 Å². The number of nitrogens with one attached hydrogen (secondary N) is 1. The standard InChI is InChI=1S/C20H25N3O2S/c1-14(12-26-19-6-4-3-5-18(19)25-2)10-22-20(24)15-7-8-17-16(9-15)11-21-13-23-17/h3-6,11,13-15H,7-10,12H2,1-2H3,(H,22,24). The van der Waals surface area contributed by atoms with Gasteiger partial charge in [0.05, 0.1) is 7.11 Å². The average molecular weight is 372 g/mol. The van der Waals surface area contributed by atoms with Crippen molar-refractivity contribution in [2.45, 2.75) is 31.1 Å². The first kappa shape index (κ1) is 18.7. The van der Waals surface area contributed by atoms with Crippen LogP contribution in [0, 0.1) is 11.8 Å². The van der Waals surface area contributed by atoms with Crippen molar-refractivity contribution in [1.82, 2.24) is 15.3 Å². The van der Waals surface area contributed by atoms with Crippen LogP contribution in [-0.2, 0) is 17.6 Å². The van der Waals surface area contributed by atoms with Crippen molar-refractivity contribution in [1.29, 1.82) is 0 Å². The van der Waals surface area contributed by atoms with E-state index < -0.39 is 0 Å². The summed E-state index contributed by atoms with van der Waals surface area (Å²) >= 11 is 1.76. The number of thioether (sulfide) groups is 1.